The number of esters is 1. The molecule has 0 aliphatic rings. The van der Waals surface area contributed by atoms with E-state index in [2.05, 4.69) is 6.07 Å². The Morgan fingerprint density at radius 2 is 1.50 bits per heavy atom. The molecule has 0 fully saturated rings. The molecule has 0 aliphatic heterocycles. The monoisotopic (exact) mass is 483 g/mol. The molecule has 0 spiro atoms. The molecular formula is C31H27F2NO2. The van der Waals surface area contributed by atoms with Gasteiger partial charge in [0.2, 0.25) is 0 Å². The van der Waals surface area contributed by atoms with E-state index < -0.39 is 5.97 Å². The summed E-state index contributed by atoms with van der Waals surface area (Å²) < 4.78 is 32.8. The normalized spacial score (nSPS) is 11.3. The quantitative estimate of drug-likeness (QED) is 0.260. The number of hydrogen-bond acceptors (Lipinski definition) is 3. The van der Waals surface area contributed by atoms with Gasteiger partial charge in [0.1, 0.15) is 11.6 Å². The zero-order valence-corrected chi connectivity index (χ0v) is 20.7. The van der Waals surface area contributed by atoms with Gasteiger partial charge < -0.3 is 4.74 Å². The smallest absolute Gasteiger partial charge is 0.340 e. The number of pyridine rings is 1. The molecule has 182 valence electrons. The van der Waals surface area contributed by atoms with Crippen molar-refractivity contribution in [1.82, 2.24) is 4.98 Å². The molecule has 1 aromatic heterocycles. The molecule has 0 unspecified atom stereocenters. The average molecular weight is 484 g/mol. The van der Waals surface area contributed by atoms with E-state index in [0.29, 0.717) is 22.4 Å². The van der Waals surface area contributed by atoms with E-state index in [4.69, 9.17) is 9.72 Å². The van der Waals surface area contributed by atoms with E-state index in [1.807, 2.05) is 51.1 Å². The number of aromatic nitrogens is 1. The van der Waals surface area contributed by atoms with Gasteiger partial charge in [-0.1, -0.05) is 68.0 Å². The van der Waals surface area contributed by atoms with Crippen molar-refractivity contribution < 1.29 is 18.3 Å². The fraction of sp³-hybridized carbons (Fsp3) is 0.161. The maximum absolute atomic E-state index is 13.9. The lowest BCUT2D eigenvalue weighted by molar-refractivity contribution is 0.0602. The van der Waals surface area contributed by atoms with Gasteiger partial charge in [0.05, 0.1) is 24.1 Å². The van der Waals surface area contributed by atoms with Crippen molar-refractivity contribution in [2.45, 2.75) is 26.7 Å². The molecule has 0 N–H and O–H groups in total. The van der Waals surface area contributed by atoms with Crippen LogP contribution in [0.1, 0.15) is 52.5 Å². The number of aryl methyl sites for hydroxylation is 1. The fourth-order valence-corrected chi connectivity index (χ4v) is 4.21. The van der Waals surface area contributed by atoms with Gasteiger partial charge in [0.25, 0.3) is 0 Å². The molecule has 4 rings (SSSR count). The summed E-state index contributed by atoms with van der Waals surface area (Å²) in [6.45, 7) is 6.06. The Bertz CT molecular complexity index is 1420. The molecule has 0 saturated heterocycles. The van der Waals surface area contributed by atoms with Gasteiger partial charge in [0, 0.05) is 16.7 Å². The van der Waals surface area contributed by atoms with Crippen LogP contribution in [-0.4, -0.2) is 18.1 Å². The second-order valence-electron chi connectivity index (χ2n) is 8.92. The van der Waals surface area contributed by atoms with E-state index in [0.717, 1.165) is 22.4 Å². The van der Waals surface area contributed by atoms with E-state index >= 15 is 0 Å². The molecule has 0 saturated carbocycles. The summed E-state index contributed by atoms with van der Waals surface area (Å²) in [7, 11) is 1.31. The lowest BCUT2D eigenvalue weighted by Gasteiger charge is -2.21. The predicted octanol–water partition coefficient (Wildman–Crippen LogP) is 8.08. The van der Waals surface area contributed by atoms with Gasteiger partial charge >= 0.3 is 5.97 Å². The van der Waals surface area contributed by atoms with Crippen LogP contribution in [0.5, 0.6) is 0 Å². The SMILES string of the molecule is COC(=O)c1c(-c2ccc(F)cc2)nc(C(C)C)c(/C=C/c2cccc(C)c2)c1-c1ccc(F)cc1. The molecule has 36 heavy (non-hydrogen) atoms. The second-order valence-corrected chi connectivity index (χ2v) is 8.92. The summed E-state index contributed by atoms with van der Waals surface area (Å²) in [5.74, 6) is -1.36. The number of ether oxygens (including phenoxy) is 1. The minimum Gasteiger partial charge on any atom is -0.465 e. The van der Waals surface area contributed by atoms with E-state index in [1.165, 1.54) is 31.4 Å². The highest BCUT2D eigenvalue weighted by molar-refractivity contribution is 6.05. The summed E-state index contributed by atoms with van der Waals surface area (Å²) in [6.07, 6.45) is 3.91. The van der Waals surface area contributed by atoms with Crippen molar-refractivity contribution in [3.63, 3.8) is 0 Å². The van der Waals surface area contributed by atoms with Gasteiger partial charge in [-0.25, -0.2) is 13.6 Å². The van der Waals surface area contributed by atoms with E-state index in [9.17, 15) is 13.6 Å². The maximum Gasteiger partial charge on any atom is 0.340 e. The van der Waals surface area contributed by atoms with Crippen molar-refractivity contribution in [2.75, 3.05) is 7.11 Å². The molecule has 0 bridgehead atoms. The first kappa shape index (κ1) is 25.0. The molecule has 5 heteroatoms. The third-order valence-corrected chi connectivity index (χ3v) is 5.94. The Morgan fingerprint density at radius 3 is 2.06 bits per heavy atom. The van der Waals surface area contributed by atoms with Crippen LogP contribution in [0.4, 0.5) is 8.78 Å². The van der Waals surface area contributed by atoms with Crippen LogP contribution in [0.2, 0.25) is 0 Å². The summed E-state index contributed by atoms with van der Waals surface area (Å²) in [6, 6.07) is 19.9. The standard InChI is InChI=1S/C31H27F2NO2/c1-19(2)29-26(17-8-21-7-5-6-20(3)18-21)27(22-9-13-24(32)14-10-22)28(31(35)36-4)30(34-29)23-11-15-25(33)16-12-23/h5-19H,1-4H3/b17-8+. The van der Waals surface area contributed by atoms with Crippen molar-refractivity contribution in [3.8, 4) is 22.4 Å². The maximum atomic E-state index is 13.9. The lowest BCUT2D eigenvalue weighted by atomic mass is 9.87. The minimum absolute atomic E-state index is 0.00717. The summed E-state index contributed by atoms with van der Waals surface area (Å²) in [5, 5.41) is 0. The molecule has 4 aromatic rings. The zero-order chi connectivity index (χ0) is 25.8. The van der Waals surface area contributed by atoms with Gasteiger partial charge in [-0.05, 0) is 60.4 Å². The third kappa shape index (κ3) is 5.25. The number of carbonyl (C=O) groups excluding carboxylic acids is 1. The van der Waals surface area contributed by atoms with Gasteiger partial charge in [-0.2, -0.15) is 0 Å². The molecule has 0 radical (unpaired) electrons. The number of hydrogen-bond donors (Lipinski definition) is 0. The van der Waals surface area contributed by atoms with Crippen molar-refractivity contribution >= 4 is 18.1 Å². The zero-order valence-electron chi connectivity index (χ0n) is 20.7. The Morgan fingerprint density at radius 1 is 0.889 bits per heavy atom. The number of halogens is 2. The molecule has 0 aliphatic carbocycles. The first-order valence-corrected chi connectivity index (χ1v) is 11.7. The van der Waals surface area contributed by atoms with Crippen molar-refractivity contribution in [1.29, 1.82) is 0 Å². The van der Waals surface area contributed by atoms with Crippen molar-refractivity contribution in [2.24, 2.45) is 0 Å². The largest absolute Gasteiger partial charge is 0.465 e. The lowest BCUT2D eigenvalue weighted by Crippen LogP contribution is -2.12. The number of carbonyl (C=O) groups is 1. The van der Waals surface area contributed by atoms with Crippen LogP contribution in [-0.2, 0) is 4.74 Å². The molecular weight excluding hydrogens is 456 g/mol. The second kappa shape index (κ2) is 10.6. The first-order chi connectivity index (χ1) is 17.3. The Kier molecular flexibility index (Phi) is 7.39. The predicted molar refractivity (Wildman–Crippen MR) is 141 cm³/mol. The van der Waals surface area contributed by atoms with Crippen LogP contribution in [0.3, 0.4) is 0 Å². The average Bonchev–Trinajstić information content (AvgIpc) is 2.87. The molecule has 1 heterocycles. The van der Waals surface area contributed by atoms with Gasteiger partial charge in [-0.15, -0.1) is 0 Å². The highest BCUT2D eigenvalue weighted by Gasteiger charge is 2.27. The van der Waals surface area contributed by atoms with Gasteiger partial charge in [-0.3, -0.25) is 4.98 Å². The third-order valence-electron chi connectivity index (χ3n) is 5.94. The fourth-order valence-electron chi connectivity index (χ4n) is 4.21. The van der Waals surface area contributed by atoms with E-state index in [-0.39, 0.29) is 23.1 Å². The number of benzene rings is 3. The molecule has 0 amide bonds. The highest BCUT2D eigenvalue weighted by atomic mass is 19.1. The molecule has 3 aromatic carbocycles. The van der Waals surface area contributed by atoms with Crippen LogP contribution in [0.15, 0.2) is 72.8 Å². The summed E-state index contributed by atoms with van der Waals surface area (Å²) >= 11 is 0. The van der Waals surface area contributed by atoms with Crippen LogP contribution >= 0.6 is 0 Å². The molecule has 0 atom stereocenters. The topological polar surface area (TPSA) is 39.2 Å². The van der Waals surface area contributed by atoms with Crippen LogP contribution in [0, 0.1) is 18.6 Å². The van der Waals surface area contributed by atoms with Crippen LogP contribution in [0.25, 0.3) is 34.5 Å². The summed E-state index contributed by atoms with van der Waals surface area (Å²) in [4.78, 5) is 18.2. The first-order valence-electron chi connectivity index (χ1n) is 11.7. The number of rotatable bonds is 6. The summed E-state index contributed by atoms with van der Waals surface area (Å²) in [5.41, 5.74) is 6.06. The Balaban J connectivity index is 2.10. The number of nitrogens with zero attached hydrogens (tertiary/aromatic N) is 1. The van der Waals surface area contributed by atoms with Crippen LogP contribution < -0.4 is 0 Å². The van der Waals surface area contributed by atoms with E-state index in [1.54, 1.807) is 24.3 Å². The van der Waals surface area contributed by atoms with Crippen molar-refractivity contribution in [3.05, 3.63) is 112 Å². The highest BCUT2D eigenvalue weighted by Crippen LogP contribution is 2.39. The Hall–Kier alpha value is -4.12. The molecule has 3 nitrogen and oxygen atoms in total. The minimum atomic E-state index is -0.582. The van der Waals surface area contributed by atoms with Gasteiger partial charge in [0.15, 0.2) is 0 Å². The Labute approximate surface area is 210 Å². The number of methoxy groups -OCH3 is 1.